The van der Waals surface area contributed by atoms with Crippen LogP contribution < -0.4 is 0 Å². The number of allylic oxidation sites excluding steroid dienone is 1. The van der Waals surface area contributed by atoms with E-state index in [0.717, 1.165) is 5.56 Å². The van der Waals surface area contributed by atoms with Crippen LogP contribution >= 0.6 is 0 Å². The molecule has 0 aliphatic carbocycles. The topological polar surface area (TPSA) is 37.3 Å². The molecule has 0 aliphatic rings. The lowest BCUT2D eigenvalue weighted by Gasteiger charge is -2.20. The fourth-order valence-corrected chi connectivity index (χ4v) is 1.24. The van der Waals surface area contributed by atoms with Gasteiger partial charge in [-0.05, 0) is 5.56 Å². The van der Waals surface area contributed by atoms with Crippen molar-refractivity contribution in [3.63, 3.8) is 0 Å². The Bertz CT molecular complexity index is 337. The van der Waals surface area contributed by atoms with Gasteiger partial charge in [0.15, 0.2) is 0 Å². The van der Waals surface area contributed by atoms with Crippen molar-refractivity contribution in [2.24, 2.45) is 0 Å². The molecule has 14 heavy (non-hydrogen) atoms. The molecule has 0 aliphatic heterocycles. The molecule has 2 nitrogen and oxygen atoms in total. The van der Waals surface area contributed by atoms with E-state index in [2.05, 4.69) is 0 Å². The van der Waals surface area contributed by atoms with Crippen LogP contribution in [-0.2, 0) is 10.2 Å². The molecule has 0 fully saturated rings. The third-order valence-electron chi connectivity index (χ3n) is 2.16. The highest BCUT2D eigenvalue weighted by Crippen LogP contribution is 2.23. The van der Waals surface area contributed by atoms with E-state index < -0.39 is 5.97 Å². The normalized spacial score (nSPS) is 11.9. The van der Waals surface area contributed by atoms with Crippen LogP contribution in [0.15, 0.2) is 42.5 Å². The van der Waals surface area contributed by atoms with Crippen molar-refractivity contribution in [1.82, 2.24) is 0 Å². The zero-order valence-electron chi connectivity index (χ0n) is 8.40. The van der Waals surface area contributed by atoms with Crippen molar-refractivity contribution in [3.8, 4) is 0 Å². The van der Waals surface area contributed by atoms with E-state index in [1.54, 1.807) is 6.08 Å². The Morgan fingerprint density at radius 1 is 1.29 bits per heavy atom. The number of carboxylic acids is 1. The van der Waals surface area contributed by atoms with E-state index in [9.17, 15) is 4.79 Å². The van der Waals surface area contributed by atoms with Gasteiger partial charge in [0.25, 0.3) is 0 Å². The Hall–Kier alpha value is -1.57. The minimum absolute atomic E-state index is 0.236. The molecule has 1 rings (SSSR count). The molecule has 0 saturated heterocycles. The quantitative estimate of drug-likeness (QED) is 0.744. The van der Waals surface area contributed by atoms with Crippen LogP contribution in [0, 0.1) is 0 Å². The summed E-state index contributed by atoms with van der Waals surface area (Å²) in [6.45, 7) is 3.98. The van der Waals surface area contributed by atoms with Gasteiger partial charge in [-0.1, -0.05) is 50.3 Å². The molecule has 1 aromatic carbocycles. The Morgan fingerprint density at radius 2 is 1.86 bits per heavy atom. The number of aliphatic carboxylic acids is 1. The maximum Gasteiger partial charge on any atom is 0.328 e. The van der Waals surface area contributed by atoms with Gasteiger partial charge >= 0.3 is 5.97 Å². The van der Waals surface area contributed by atoms with Crippen LogP contribution in [0.4, 0.5) is 0 Å². The zero-order valence-corrected chi connectivity index (χ0v) is 8.40. The zero-order chi connectivity index (χ0) is 10.6. The number of hydrogen-bond donors (Lipinski definition) is 1. The van der Waals surface area contributed by atoms with Gasteiger partial charge in [-0.2, -0.15) is 0 Å². The number of carbonyl (C=O) groups is 1. The predicted molar refractivity (Wildman–Crippen MR) is 56.2 cm³/mol. The largest absolute Gasteiger partial charge is 0.478 e. The Balaban J connectivity index is 2.91. The van der Waals surface area contributed by atoms with Crippen LogP contribution in [0.3, 0.4) is 0 Å². The molecule has 0 atom stereocenters. The van der Waals surface area contributed by atoms with Crippen molar-refractivity contribution in [2.45, 2.75) is 19.3 Å². The van der Waals surface area contributed by atoms with Gasteiger partial charge < -0.3 is 5.11 Å². The second-order valence-corrected chi connectivity index (χ2v) is 3.76. The summed E-state index contributed by atoms with van der Waals surface area (Å²) in [5, 5.41) is 8.54. The van der Waals surface area contributed by atoms with Crippen LogP contribution in [0.1, 0.15) is 19.4 Å². The van der Waals surface area contributed by atoms with Crippen LogP contribution in [-0.4, -0.2) is 11.1 Å². The predicted octanol–water partition coefficient (Wildman–Crippen LogP) is 2.61. The van der Waals surface area contributed by atoms with Gasteiger partial charge in [0.1, 0.15) is 0 Å². The van der Waals surface area contributed by atoms with Gasteiger partial charge in [0, 0.05) is 11.5 Å². The van der Waals surface area contributed by atoms with Gasteiger partial charge in [-0.25, -0.2) is 4.79 Å². The third kappa shape index (κ3) is 2.73. The molecule has 0 spiro atoms. The van der Waals surface area contributed by atoms with Crippen LogP contribution in [0.5, 0.6) is 0 Å². The lowest BCUT2D eigenvalue weighted by molar-refractivity contribution is -0.131. The highest BCUT2D eigenvalue weighted by molar-refractivity contribution is 5.80. The minimum Gasteiger partial charge on any atom is -0.478 e. The summed E-state index contributed by atoms with van der Waals surface area (Å²) in [5.41, 5.74) is 0.872. The average molecular weight is 190 g/mol. The van der Waals surface area contributed by atoms with Crippen LogP contribution in [0.2, 0.25) is 0 Å². The van der Waals surface area contributed by atoms with Gasteiger partial charge in [0.2, 0.25) is 0 Å². The average Bonchev–Trinajstić information content (AvgIpc) is 2.16. The number of rotatable bonds is 3. The molecule has 1 N–H and O–H groups in total. The SMILES string of the molecule is CC(C)(/C=C/C(=O)O)c1ccccc1. The molecule has 0 heterocycles. The monoisotopic (exact) mass is 190 g/mol. The first-order chi connectivity index (χ1) is 6.52. The summed E-state index contributed by atoms with van der Waals surface area (Å²) in [6, 6.07) is 9.83. The van der Waals surface area contributed by atoms with Gasteiger partial charge in [-0.3, -0.25) is 0 Å². The second-order valence-electron chi connectivity index (χ2n) is 3.76. The Kier molecular flexibility index (Phi) is 3.07. The first-order valence-corrected chi connectivity index (χ1v) is 4.50. The molecule has 0 unspecified atom stereocenters. The summed E-state index contributed by atoms with van der Waals surface area (Å²) < 4.78 is 0. The Morgan fingerprint density at radius 3 is 2.36 bits per heavy atom. The standard InChI is InChI=1S/C12H14O2/c1-12(2,9-8-11(13)14)10-6-4-3-5-7-10/h3-9H,1-2H3,(H,13,14)/b9-8+. The van der Waals surface area contributed by atoms with Crippen molar-refractivity contribution in [2.75, 3.05) is 0 Å². The third-order valence-corrected chi connectivity index (χ3v) is 2.16. The smallest absolute Gasteiger partial charge is 0.328 e. The number of benzene rings is 1. The molecule has 74 valence electrons. The molecule has 1 aromatic rings. The first-order valence-electron chi connectivity index (χ1n) is 4.50. The lowest BCUT2D eigenvalue weighted by atomic mass is 9.84. The summed E-state index contributed by atoms with van der Waals surface area (Å²) in [6.07, 6.45) is 2.89. The summed E-state index contributed by atoms with van der Waals surface area (Å²) >= 11 is 0. The Labute approximate surface area is 83.9 Å². The van der Waals surface area contributed by atoms with E-state index in [1.807, 2.05) is 44.2 Å². The van der Waals surface area contributed by atoms with E-state index in [4.69, 9.17) is 5.11 Å². The summed E-state index contributed by atoms with van der Waals surface area (Å²) in [7, 11) is 0. The molecule has 2 heteroatoms. The highest BCUT2D eigenvalue weighted by atomic mass is 16.4. The number of carboxylic acid groups (broad SMARTS) is 1. The summed E-state index contributed by atoms with van der Waals surface area (Å²) in [5.74, 6) is -0.908. The second kappa shape index (κ2) is 4.09. The van der Waals surface area contributed by atoms with Crippen molar-refractivity contribution >= 4 is 5.97 Å². The molecular formula is C12H14O2. The molecule has 0 saturated carbocycles. The van der Waals surface area contributed by atoms with Gasteiger partial charge in [0.05, 0.1) is 0 Å². The maximum absolute atomic E-state index is 10.4. The fourth-order valence-electron chi connectivity index (χ4n) is 1.24. The van der Waals surface area contributed by atoms with E-state index in [0.29, 0.717) is 0 Å². The van der Waals surface area contributed by atoms with E-state index in [-0.39, 0.29) is 5.41 Å². The van der Waals surface area contributed by atoms with Crippen molar-refractivity contribution in [1.29, 1.82) is 0 Å². The first kappa shape index (κ1) is 10.5. The van der Waals surface area contributed by atoms with Crippen LogP contribution in [0.25, 0.3) is 0 Å². The molecule has 0 bridgehead atoms. The lowest BCUT2D eigenvalue weighted by Crippen LogP contribution is -2.13. The maximum atomic E-state index is 10.4. The highest BCUT2D eigenvalue weighted by Gasteiger charge is 2.16. The van der Waals surface area contributed by atoms with Crippen molar-refractivity contribution < 1.29 is 9.90 Å². The van der Waals surface area contributed by atoms with E-state index >= 15 is 0 Å². The molecule has 0 radical (unpaired) electrons. The minimum atomic E-state index is -0.908. The van der Waals surface area contributed by atoms with Gasteiger partial charge in [-0.15, -0.1) is 0 Å². The molecule has 0 aromatic heterocycles. The molecule has 0 amide bonds. The summed E-state index contributed by atoms with van der Waals surface area (Å²) in [4.78, 5) is 10.4. The van der Waals surface area contributed by atoms with Crippen molar-refractivity contribution in [3.05, 3.63) is 48.0 Å². The van der Waals surface area contributed by atoms with E-state index in [1.165, 1.54) is 6.08 Å². The number of hydrogen-bond acceptors (Lipinski definition) is 1. The fraction of sp³-hybridized carbons (Fsp3) is 0.250. The molecular weight excluding hydrogens is 176 g/mol.